The summed E-state index contributed by atoms with van der Waals surface area (Å²) >= 11 is 0. The van der Waals surface area contributed by atoms with E-state index in [2.05, 4.69) is 111 Å². The van der Waals surface area contributed by atoms with Gasteiger partial charge in [0, 0.05) is 23.7 Å². The zero-order valence-corrected chi connectivity index (χ0v) is 41.2. The lowest BCUT2D eigenvalue weighted by Gasteiger charge is -2.35. The molecule has 0 aromatic carbocycles. The second-order valence-electron chi connectivity index (χ2n) is 19.8. The van der Waals surface area contributed by atoms with Crippen molar-refractivity contribution in [2.24, 2.45) is 23.7 Å². The largest absolute Gasteiger partial charge is 0.350 e. The normalized spacial score (nSPS) is 17.7. The van der Waals surface area contributed by atoms with Crippen molar-refractivity contribution in [3.63, 3.8) is 0 Å². The van der Waals surface area contributed by atoms with Crippen LogP contribution in [0.4, 0.5) is 0 Å². The Morgan fingerprint density at radius 3 is 0.460 bits per heavy atom. The smallest absolute Gasteiger partial charge is 0.161 e. The molecule has 4 rings (SSSR count). The summed E-state index contributed by atoms with van der Waals surface area (Å²) in [7, 11) is 0. The predicted molar refractivity (Wildman–Crippen MR) is 276 cm³/mol. The summed E-state index contributed by atoms with van der Waals surface area (Å²) in [5.41, 5.74) is 0. The van der Waals surface area contributed by atoms with Crippen molar-refractivity contribution in [2.75, 3.05) is 0 Å². The zero-order chi connectivity index (χ0) is 43.6. The Labute approximate surface area is 397 Å². The van der Waals surface area contributed by atoms with E-state index in [0.717, 1.165) is 0 Å². The Balaban J connectivity index is -0.000000232. The summed E-state index contributed by atoms with van der Waals surface area (Å²) in [6, 6.07) is 0. The summed E-state index contributed by atoms with van der Waals surface area (Å²) in [6.45, 7) is 33.3. The summed E-state index contributed by atoms with van der Waals surface area (Å²) in [4.78, 5) is 0. The Kier molecular flexibility index (Phi) is 47.6. The van der Waals surface area contributed by atoms with Crippen molar-refractivity contribution in [3.05, 3.63) is 0 Å². The molecule has 0 aromatic heterocycles. The lowest BCUT2D eigenvalue weighted by molar-refractivity contribution is -0.218. The van der Waals surface area contributed by atoms with E-state index in [0.29, 0.717) is 23.7 Å². The zero-order valence-electron chi connectivity index (χ0n) is 41.2. The van der Waals surface area contributed by atoms with Crippen LogP contribution in [0, 0.1) is 23.7 Å². The molecule has 8 heteroatoms. The van der Waals surface area contributed by atoms with E-state index in [1.165, 1.54) is 116 Å². The number of ether oxygens (including phenoxy) is 8. The first-order valence-corrected chi connectivity index (χ1v) is 24.6. The molecule has 0 aliphatic heterocycles. The summed E-state index contributed by atoms with van der Waals surface area (Å²) in [5.74, 6) is 2.49. The van der Waals surface area contributed by atoms with Gasteiger partial charge in [-0.2, -0.15) is 0 Å². The van der Waals surface area contributed by atoms with Gasteiger partial charge in [0.1, 0.15) is 0 Å². The van der Waals surface area contributed by atoms with Crippen molar-refractivity contribution < 1.29 is 37.9 Å². The van der Waals surface area contributed by atoms with Gasteiger partial charge >= 0.3 is 0 Å². The molecule has 8 nitrogen and oxygen atoms in total. The number of rotatable bonds is 20. The minimum atomic E-state index is 0. The first kappa shape index (κ1) is 71.7. The third-order valence-electron chi connectivity index (χ3n) is 10.9. The van der Waals surface area contributed by atoms with Crippen LogP contribution in [0.3, 0.4) is 0 Å². The van der Waals surface area contributed by atoms with Crippen LogP contribution in [0.25, 0.3) is 0 Å². The van der Waals surface area contributed by atoms with Crippen molar-refractivity contribution in [1.29, 1.82) is 0 Å². The fraction of sp³-hybridized carbons (Fsp3) is 1.00. The van der Waals surface area contributed by atoms with Gasteiger partial charge in [0.25, 0.3) is 0 Å². The molecule has 4 aliphatic rings. The van der Waals surface area contributed by atoms with Crippen LogP contribution in [-0.4, -0.2) is 74.0 Å². The third-order valence-corrected chi connectivity index (χ3v) is 10.9. The molecule has 4 saturated carbocycles. The Bertz CT molecular complexity index is 874. The summed E-state index contributed by atoms with van der Waals surface area (Å²) < 4.78 is 46.8. The molecule has 0 bridgehead atoms. The first-order valence-electron chi connectivity index (χ1n) is 24.6. The molecule has 0 unspecified atom stereocenters. The van der Waals surface area contributed by atoms with Gasteiger partial charge in [-0.15, -0.1) is 0 Å². The highest BCUT2D eigenvalue weighted by Gasteiger charge is 2.31. The van der Waals surface area contributed by atoms with E-state index in [9.17, 15) is 0 Å². The minimum Gasteiger partial charge on any atom is -0.350 e. The Morgan fingerprint density at radius 2 is 0.333 bits per heavy atom. The van der Waals surface area contributed by atoms with Gasteiger partial charge in [0.05, 0.1) is 48.8 Å². The van der Waals surface area contributed by atoms with Crippen LogP contribution >= 0.6 is 0 Å². The van der Waals surface area contributed by atoms with Gasteiger partial charge in [-0.25, -0.2) is 0 Å². The molecule has 4 fully saturated rings. The van der Waals surface area contributed by atoms with Crippen LogP contribution in [-0.2, 0) is 37.9 Å². The van der Waals surface area contributed by atoms with Gasteiger partial charge in [-0.3, -0.25) is 0 Å². The highest BCUT2D eigenvalue weighted by molar-refractivity contribution is 4.75. The van der Waals surface area contributed by atoms with E-state index in [4.69, 9.17) is 37.9 Å². The van der Waals surface area contributed by atoms with Gasteiger partial charge in [0.15, 0.2) is 25.2 Å². The van der Waals surface area contributed by atoms with E-state index < -0.39 is 0 Å². The molecular formula is C55H120O8. The molecule has 0 N–H and O–H groups in total. The quantitative estimate of drug-likeness (QED) is 0.0883. The maximum absolute atomic E-state index is 5.93. The van der Waals surface area contributed by atoms with E-state index in [1.54, 1.807) is 0 Å². The highest BCUT2D eigenvalue weighted by atomic mass is 16.7. The Morgan fingerprint density at radius 1 is 0.206 bits per heavy atom. The molecule has 0 aromatic rings. The first-order chi connectivity index (χ1) is 27.4. The molecule has 63 heavy (non-hydrogen) atoms. The highest BCUT2D eigenvalue weighted by Crippen LogP contribution is 2.34. The molecule has 0 atom stereocenters. The molecule has 0 saturated heterocycles. The third kappa shape index (κ3) is 36.4. The monoisotopic (exact) mass is 909 g/mol. The molecule has 0 radical (unpaired) electrons. The molecule has 0 spiro atoms. The van der Waals surface area contributed by atoms with Gasteiger partial charge < -0.3 is 37.9 Å². The van der Waals surface area contributed by atoms with Crippen LogP contribution in [0.15, 0.2) is 0 Å². The SMILES string of the molecule is C.C.C.C.C.CC(C)OC(OC(C)C)C1CCC1.CC(C)OC(OC(C)C)C1CCCC1.CC(C)OC(OC(C)C)C1CCCCC1.CC(C)OC(OC(C)C)C1CCCCCC1. The molecule has 388 valence electrons. The van der Waals surface area contributed by atoms with Crippen LogP contribution in [0.2, 0.25) is 0 Å². The molecule has 0 heterocycles. The van der Waals surface area contributed by atoms with E-state index in [1.807, 2.05) is 0 Å². The van der Waals surface area contributed by atoms with Crippen molar-refractivity contribution in [3.8, 4) is 0 Å². The summed E-state index contributed by atoms with van der Waals surface area (Å²) in [5, 5.41) is 0. The van der Waals surface area contributed by atoms with E-state index >= 15 is 0 Å². The average Bonchev–Trinajstić information content (AvgIpc) is 3.49. The van der Waals surface area contributed by atoms with Crippen LogP contribution < -0.4 is 0 Å². The second kappa shape index (κ2) is 41.8. The van der Waals surface area contributed by atoms with Crippen molar-refractivity contribution >= 4 is 0 Å². The molecule has 4 aliphatic carbocycles. The van der Waals surface area contributed by atoms with Gasteiger partial charge in [-0.05, 0) is 162 Å². The maximum atomic E-state index is 5.93. The van der Waals surface area contributed by atoms with Crippen LogP contribution in [0.1, 0.15) is 263 Å². The lowest BCUT2D eigenvalue weighted by atomic mass is 9.85. The number of hydrogen-bond donors (Lipinski definition) is 0. The predicted octanol–water partition coefficient (Wildman–Crippen LogP) is 17.4. The minimum absolute atomic E-state index is 0. The Hall–Kier alpha value is -0.320. The molecular weight excluding hydrogens is 789 g/mol. The summed E-state index contributed by atoms with van der Waals surface area (Å²) in [6.07, 6.45) is 25.8. The van der Waals surface area contributed by atoms with Crippen LogP contribution in [0.5, 0.6) is 0 Å². The number of hydrogen-bond acceptors (Lipinski definition) is 8. The fourth-order valence-electron chi connectivity index (χ4n) is 8.09. The van der Waals surface area contributed by atoms with E-state index in [-0.39, 0.29) is 111 Å². The molecule has 0 amide bonds. The topological polar surface area (TPSA) is 73.8 Å². The van der Waals surface area contributed by atoms with Crippen molar-refractivity contribution in [1.82, 2.24) is 0 Å². The van der Waals surface area contributed by atoms with Gasteiger partial charge in [0.2, 0.25) is 0 Å². The fourth-order valence-corrected chi connectivity index (χ4v) is 8.09. The van der Waals surface area contributed by atoms with Gasteiger partial charge in [-0.1, -0.05) is 101 Å². The van der Waals surface area contributed by atoms with Crippen molar-refractivity contribution in [2.45, 2.75) is 337 Å². The average molecular weight is 910 g/mol. The maximum Gasteiger partial charge on any atom is 0.161 e. The standard InChI is InChI=1S/C14H28O2.C13H26O2.C12H24O2.C11H22O2.5CH4/c1-11(2)15-14(16-12(3)4)13-9-7-5-6-8-10-13;1-10(2)14-13(15-11(3)4)12-8-6-5-7-9-12;1-9(2)13-12(14-10(3)4)11-7-5-6-8-11;1-8(2)12-11(13-9(3)4)10-6-5-7-10;;;;;/h11-14H,5-10H2,1-4H3;10-13H,5-9H2,1-4H3;9-12H,5-8H2,1-4H3;8-11H,5-7H2,1-4H3;5*1H4. The second-order valence-corrected chi connectivity index (χ2v) is 19.8. The lowest BCUT2D eigenvalue weighted by Crippen LogP contribution is -2.35.